The predicted molar refractivity (Wildman–Crippen MR) is 121 cm³/mol. The molecule has 0 atom stereocenters. The maximum atomic E-state index is 12.8. The molecular weight excluding hydrogens is 416 g/mol. The van der Waals surface area contributed by atoms with E-state index in [1.807, 2.05) is 33.8 Å². The van der Waals surface area contributed by atoms with Gasteiger partial charge < -0.3 is 10.1 Å². The molecular formula is C22H26N4O4S. The summed E-state index contributed by atoms with van der Waals surface area (Å²) in [6, 6.07) is 7.15. The Morgan fingerprint density at radius 3 is 2.45 bits per heavy atom. The number of hydrogen-bond acceptors (Lipinski definition) is 7. The van der Waals surface area contributed by atoms with Crippen molar-refractivity contribution in [3.05, 3.63) is 50.9 Å². The maximum absolute atomic E-state index is 12.8. The molecule has 9 heteroatoms. The molecule has 0 unspecified atom stereocenters. The van der Waals surface area contributed by atoms with Crippen molar-refractivity contribution in [2.24, 2.45) is 5.92 Å². The molecule has 0 aliphatic heterocycles. The monoisotopic (exact) mass is 442 g/mol. The number of carbonyl (C=O) groups excluding carboxylic acids is 2. The number of carbonyl (C=O) groups is 2. The van der Waals surface area contributed by atoms with Gasteiger partial charge in [0.15, 0.2) is 10.8 Å². The second-order valence-corrected chi connectivity index (χ2v) is 9.01. The molecule has 1 N–H and O–H groups in total. The number of ether oxygens (including phenoxy) is 1. The van der Waals surface area contributed by atoms with E-state index in [0.717, 1.165) is 4.88 Å². The summed E-state index contributed by atoms with van der Waals surface area (Å²) in [4.78, 5) is 42.5. The van der Waals surface area contributed by atoms with E-state index < -0.39 is 5.97 Å². The fourth-order valence-electron chi connectivity index (χ4n) is 3.24. The molecule has 2 heterocycles. The van der Waals surface area contributed by atoms with Crippen molar-refractivity contribution in [2.45, 2.75) is 46.6 Å². The average molecular weight is 443 g/mol. The molecule has 31 heavy (non-hydrogen) atoms. The molecule has 0 radical (unpaired) electrons. The van der Waals surface area contributed by atoms with Crippen LogP contribution in [0, 0.1) is 5.92 Å². The molecule has 1 aromatic carbocycles. The Hall–Kier alpha value is -3.07. The molecule has 1 amide bonds. The number of fused-ring (bicyclic) bond motifs is 1. The zero-order chi connectivity index (χ0) is 22.7. The number of anilines is 1. The van der Waals surface area contributed by atoms with E-state index in [1.165, 1.54) is 23.1 Å². The van der Waals surface area contributed by atoms with Gasteiger partial charge in [-0.15, -0.1) is 11.3 Å². The van der Waals surface area contributed by atoms with Crippen LogP contribution in [0.5, 0.6) is 0 Å². The lowest BCUT2D eigenvalue weighted by molar-refractivity contribution is -0.115. The summed E-state index contributed by atoms with van der Waals surface area (Å²) in [5.41, 5.74) is 0.562. The number of methoxy groups -OCH3 is 1. The summed E-state index contributed by atoms with van der Waals surface area (Å²) in [6.07, 6.45) is -0.0248. The molecule has 3 rings (SSSR count). The van der Waals surface area contributed by atoms with Crippen molar-refractivity contribution in [2.75, 3.05) is 12.4 Å². The van der Waals surface area contributed by atoms with E-state index in [0.29, 0.717) is 28.1 Å². The topological polar surface area (TPSA) is 103 Å². The molecule has 0 aliphatic carbocycles. The minimum absolute atomic E-state index is 0.0248. The highest BCUT2D eigenvalue weighted by atomic mass is 32.1. The Morgan fingerprint density at radius 2 is 1.84 bits per heavy atom. The summed E-state index contributed by atoms with van der Waals surface area (Å²) in [6.45, 7) is 8.36. The maximum Gasteiger partial charge on any atom is 0.357 e. The number of aromatic nitrogens is 3. The summed E-state index contributed by atoms with van der Waals surface area (Å²) in [5, 5.41) is 8.74. The molecule has 2 aromatic heterocycles. The van der Waals surface area contributed by atoms with Gasteiger partial charge in [0, 0.05) is 16.8 Å². The highest BCUT2D eigenvalue weighted by Gasteiger charge is 2.22. The first-order valence-electron chi connectivity index (χ1n) is 10.1. The van der Waals surface area contributed by atoms with Crippen LogP contribution in [0.2, 0.25) is 0 Å². The Bertz CT molecular complexity index is 1180. The van der Waals surface area contributed by atoms with E-state index in [4.69, 9.17) is 4.74 Å². The van der Waals surface area contributed by atoms with Crippen molar-refractivity contribution >= 4 is 39.1 Å². The Kier molecular flexibility index (Phi) is 6.84. The van der Waals surface area contributed by atoms with Crippen molar-refractivity contribution < 1.29 is 14.3 Å². The molecule has 0 fully saturated rings. The largest absolute Gasteiger partial charge is 0.464 e. The minimum atomic E-state index is -0.533. The van der Waals surface area contributed by atoms with Crippen molar-refractivity contribution in [1.29, 1.82) is 0 Å². The first kappa shape index (κ1) is 22.6. The Balaban J connectivity index is 1.91. The van der Waals surface area contributed by atoms with Crippen LogP contribution in [0.3, 0.4) is 0 Å². The quantitative estimate of drug-likeness (QED) is 0.561. The fourth-order valence-corrected chi connectivity index (χ4v) is 4.21. The second kappa shape index (κ2) is 9.38. The number of rotatable bonds is 7. The van der Waals surface area contributed by atoms with Crippen LogP contribution in [-0.2, 0) is 22.5 Å². The number of amides is 1. The molecule has 0 bridgehead atoms. The van der Waals surface area contributed by atoms with E-state index in [9.17, 15) is 14.4 Å². The van der Waals surface area contributed by atoms with Crippen LogP contribution in [0.25, 0.3) is 10.8 Å². The van der Waals surface area contributed by atoms with Crippen molar-refractivity contribution in [1.82, 2.24) is 14.8 Å². The molecule has 0 saturated heterocycles. The lowest BCUT2D eigenvalue weighted by Crippen LogP contribution is -2.28. The van der Waals surface area contributed by atoms with Gasteiger partial charge in [-0.1, -0.05) is 45.9 Å². The fraction of sp³-hybridized carbons (Fsp3) is 0.409. The average Bonchev–Trinajstić information content (AvgIpc) is 3.14. The Morgan fingerprint density at radius 1 is 1.16 bits per heavy atom. The van der Waals surface area contributed by atoms with Crippen LogP contribution < -0.4 is 10.9 Å². The van der Waals surface area contributed by atoms with E-state index in [1.54, 1.807) is 18.2 Å². The third-order valence-electron chi connectivity index (χ3n) is 4.61. The van der Waals surface area contributed by atoms with Crippen LogP contribution in [0.15, 0.2) is 29.1 Å². The zero-order valence-electron chi connectivity index (χ0n) is 18.3. The van der Waals surface area contributed by atoms with Crippen LogP contribution in [-0.4, -0.2) is 33.8 Å². The van der Waals surface area contributed by atoms with Gasteiger partial charge in [-0.3, -0.25) is 9.59 Å². The van der Waals surface area contributed by atoms with Gasteiger partial charge in [0.05, 0.1) is 24.6 Å². The first-order chi connectivity index (χ1) is 14.7. The van der Waals surface area contributed by atoms with Crippen LogP contribution >= 0.6 is 11.3 Å². The summed E-state index contributed by atoms with van der Waals surface area (Å²) in [5.74, 6) is -0.571. The molecule has 0 spiro atoms. The van der Waals surface area contributed by atoms with Gasteiger partial charge in [-0.05, 0) is 17.9 Å². The third-order valence-corrected chi connectivity index (χ3v) is 5.88. The van der Waals surface area contributed by atoms with Gasteiger partial charge in [0.1, 0.15) is 0 Å². The standard InChI is InChI=1S/C22H26N4O4S/c1-12(2)11-26-20(28)15-9-7-6-8-14(15)16(25-26)10-17(27)23-22-24-18(21(29)30-5)19(31-22)13(3)4/h6-9,12-13H,10-11H2,1-5H3,(H,23,24,27). The lowest BCUT2D eigenvalue weighted by Gasteiger charge is -2.12. The van der Waals surface area contributed by atoms with Crippen LogP contribution in [0.1, 0.15) is 54.7 Å². The minimum Gasteiger partial charge on any atom is -0.464 e. The number of nitrogens with zero attached hydrogens (tertiary/aromatic N) is 3. The predicted octanol–water partition coefficient (Wildman–Crippen LogP) is 3.60. The number of esters is 1. The number of thiazole rings is 1. The zero-order valence-corrected chi connectivity index (χ0v) is 19.1. The van der Waals surface area contributed by atoms with Crippen LogP contribution in [0.4, 0.5) is 5.13 Å². The van der Waals surface area contributed by atoms with Gasteiger partial charge in [0.2, 0.25) is 5.91 Å². The number of benzene rings is 1. The summed E-state index contributed by atoms with van der Waals surface area (Å²) >= 11 is 1.25. The Labute approximate surface area is 184 Å². The SMILES string of the molecule is COC(=O)c1nc(NC(=O)Cc2nn(CC(C)C)c(=O)c3ccccc23)sc1C(C)C. The van der Waals surface area contributed by atoms with Crippen molar-refractivity contribution in [3.8, 4) is 0 Å². The second-order valence-electron chi connectivity index (χ2n) is 7.98. The van der Waals surface area contributed by atoms with Crippen molar-refractivity contribution in [3.63, 3.8) is 0 Å². The van der Waals surface area contributed by atoms with Gasteiger partial charge in [-0.25, -0.2) is 14.5 Å². The number of hydrogen-bond donors (Lipinski definition) is 1. The van der Waals surface area contributed by atoms with E-state index in [2.05, 4.69) is 15.4 Å². The summed E-state index contributed by atoms with van der Waals surface area (Å²) in [7, 11) is 1.30. The highest BCUT2D eigenvalue weighted by Crippen LogP contribution is 2.30. The van der Waals surface area contributed by atoms with Gasteiger partial charge in [0.25, 0.3) is 5.56 Å². The van der Waals surface area contributed by atoms with E-state index in [-0.39, 0.29) is 35.4 Å². The lowest BCUT2D eigenvalue weighted by atomic mass is 10.1. The van der Waals surface area contributed by atoms with Gasteiger partial charge in [-0.2, -0.15) is 5.10 Å². The number of nitrogens with one attached hydrogen (secondary N) is 1. The summed E-state index contributed by atoms with van der Waals surface area (Å²) < 4.78 is 6.22. The normalized spacial score (nSPS) is 11.3. The first-order valence-corrected chi connectivity index (χ1v) is 10.9. The smallest absolute Gasteiger partial charge is 0.357 e. The molecule has 0 aliphatic rings. The highest BCUT2D eigenvalue weighted by molar-refractivity contribution is 7.16. The van der Waals surface area contributed by atoms with E-state index >= 15 is 0 Å². The molecule has 3 aromatic rings. The molecule has 164 valence electrons. The third kappa shape index (κ3) is 4.99. The molecule has 8 nitrogen and oxygen atoms in total. The molecule has 0 saturated carbocycles. The van der Waals surface area contributed by atoms with Gasteiger partial charge >= 0.3 is 5.97 Å².